The third-order valence-corrected chi connectivity index (χ3v) is 4.13. The molecule has 2 nitrogen and oxygen atoms in total. The van der Waals surface area contributed by atoms with Gasteiger partial charge in [-0.2, -0.15) is 10.2 Å². The third kappa shape index (κ3) is 5.77. The van der Waals surface area contributed by atoms with E-state index in [9.17, 15) is 0 Å². The molecule has 0 saturated heterocycles. The SMILES string of the molecule is CCCc1ccccc1C/C=N/N=C/Cc1ccccc1CCC. The minimum absolute atomic E-state index is 0.847. The Hall–Kier alpha value is -2.22. The summed E-state index contributed by atoms with van der Waals surface area (Å²) in [6, 6.07) is 17.2. The van der Waals surface area contributed by atoms with Gasteiger partial charge in [-0.1, -0.05) is 75.2 Å². The standard InChI is InChI=1S/C22H28N2/c1-3-9-19-11-5-7-13-21(19)15-17-23-24-18-16-22-14-8-6-12-20(22)10-4-2/h5-8,11-14,17-18H,3-4,9-10,15-16H2,1-2H3/b23-17+,24-18+. The van der Waals surface area contributed by atoms with Gasteiger partial charge in [0, 0.05) is 25.3 Å². The molecule has 2 rings (SSSR count). The van der Waals surface area contributed by atoms with E-state index in [0.29, 0.717) is 0 Å². The summed E-state index contributed by atoms with van der Waals surface area (Å²) in [6.45, 7) is 4.43. The topological polar surface area (TPSA) is 24.7 Å². The molecule has 0 aliphatic carbocycles. The van der Waals surface area contributed by atoms with E-state index in [4.69, 9.17) is 0 Å². The number of hydrogen-bond acceptors (Lipinski definition) is 2. The quantitative estimate of drug-likeness (QED) is 0.434. The number of benzene rings is 2. The summed E-state index contributed by atoms with van der Waals surface area (Å²) in [5.74, 6) is 0. The van der Waals surface area contributed by atoms with Crippen LogP contribution in [0, 0.1) is 0 Å². The average molecular weight is 320 g/mol. The average Bonchev–Trinajstić information content (AvgIpc) is 2.61. The molecule has 0 aliphatic heterocycles. The monoisotopic (exact) mass is 320 g/mol. The van der Waals surface area contributed by atoms with Crippen molar-refractivity contribution in [2.75, 3.05) is 0 Å². The first kappa shape index (κ1) is 18.1. The lowest BCUT2D eigenvalue weighted by Crippen LogP contribution is -1.95. The highest BCUT2D eigenvalue weighted by Crippen LogP contribution is 2.12. The molecule has 0 spiro atoms. The molecule has 0 aromatic heterocycles. The molecular weight excluding hydrogens is 292 g/mol. The van der Waals surface area contributed by atoms with Crippen LogP contribution in [-0.2, 0) is 25.7 Å². The van der Waals surface area contributed by atoms with Crippen LogP contribution in [0.4, 0.5) is 0 Å². The van der Waals surface area contributed by atoms with Gasteiger partial charge in [-0.25, -0.2) is 0 Å². The van der Waals surface area contributed by atoms with Crippen molar-refractivity contribution in [2.24, 2.45) is 10.2 Å². The number of rotatable bonds is 9. The van der Waals surface area contributed by atoms with Gasteiger partial charge in [-0.15, -0.1) is 0 Å². The lowest BCUT2D eigenvalue weighted by molar-refractivity contribution is 0.909. The third-order valence-electron chi connectivity index (χ3n) is 4.13. The predicted molar refractivity (Wildman–Crippen MR) is 105 cm³/mol. The molecule has 2 heteroatoms. The molecule has 0 amide bonds. The molecule has 0 saturated carbocycles. The van der Waals surface area contributed by atoms with Crippen molar-refractivity contribution in [1.29, 1.82) is 0 Å². The van der Waals surface area contributed by atoms with Gasteiger partial charge in [0.1, 0.15) is 0 Å². The predicted octanol–water partition coefficient (Wildman–Crippen LogP) is 5.43. The maximum absolute atomic E-state index is 4.20. The molecule has 24 heavy (non-hydrogen) atoms. The van der Waals surface area contributed by atoms with E-state index in [2.05, 4.69) is 72.6 Å². The van der Waals surface area contributed by atoms with Crippen LogP contribution in [0.3, 0.4) is 0 Å². The van der Waals surface area contributed by atoms with E-state index in [1.54, 1.807) is 0 Å². The first-order chi connectivity index (χ1) is 11.8. The van der Waals surface area contributed by atoms with Gasteiger partial charge in [0.15, 0.2) is 0 Å². The molecule has 0 radical (unpaired) electrons. The zero-order chi connectivity index (χ0) is 17.0. The Bertz CT molecular complexity index is 612. The second-order valence-corrected chi connectivity index (χ2v) is 6.04. The van der Waals surface area contributed by atoms with Crippen LogP contribution >= 0.6 is 0 Å². The minimum Gasteiger partial charge on any atom is -0.164 e. The van der Waals surface area contributed by atoms with Gasteiger partial charge < -0.3 is 0 Å². The fourth-order valence-corrected chi connectivity index (χ4v) is 2.91. The molecule has 0 unspecified atom stereocenters. The lowest BCUT2D eigenvalue weighted by Gasteiger charge is -2.05. The fourth-order valence-electron chi connectivity index (χ4n) is 2.91. The van der Waals surface area contributed by atoms with Crippen molar-refractivity contribution in [3.05, 3.63) is 70.8 Å². The molecule has 0 N–H and O–H groups in total. The molecule has 2 aromatic rings. The van der Waals surface area contributed by atoms with Crippen molar-refractivity contribution in [1.82, 2.24) is 0 Å². The van der Waals surface area contributed by atoms with Crippen molar-refractivity contribution >= 4 is 12.4 Å². The maximum atomic E-state index is 4.20. The minimum atomic E-state index is 0.847. The highest BCUT2D eigenvalue weighted by atomic mass is 15.2. The molecular formula is C22H28N2. The van der Waals surface area contributed by atoms with Gasteiger partial charge >= 0.3 is 0 Å². The van der Waals surface area contributed by atoms with E-state index >= 15 is 0 Å². The number of nitrogens with zero attached hydrogens (tertiary/aromatic N) is 2. The highest BCUT2D eigenvalue weighted by Gasteiger charge is 1.99. The van der Waals surface area contributed by atoms with Gasteiger partial charge in [-0.3, -0.25) is 0 Å². The van der Waals surface area contributed by atoms with Gasteiger partial charge in [0.05, 0.1) is 0 Å². The summed E-state index contributed by atoms with van der Waals surface area (Å²) in [7, 11) is 0. The van der Waals surface area contributed by atoms with Gasteiger partial charge in [-0.05, 0) is 35.1 Å². The summed E-state index contributed by atoms with van der Waals surface area (Å²) >= 11 is 0. The number of hydrogen-bond donors (Lipinski definition) is 0. The molecule has 0 aliphatic rings. The first-order valence-electron chi connectivity index (χ1n) is 9.02. The van der Waals surface area contributed by atoms with E-state index in [1.165, 1.54) is 35.1 Å². The van der Waals surface area contributed by atoms with E-state index in [1.807, 2.05) is 12.4 Å². The van der Waals surface area contributed by atoms with Crippen molar-refractivity contribution in [2.45, 2.75) is 52.4 Å². The summed E-state index contributed by atoms with van der Waals surface area (Å²) in [4.78, 5) is 0. The fraction of sp³-hybridized carbons (Fsp3) is 0.364. The Morgan fingerprint density at radius 3 is 1.38 bits per heavy atom. The van der Waals surface area contributed by atoms with Crippen molar-refractivity contribution < 1.29 is 0 Å². The zero-order valence-electron chi connectivity index (χ0n) is 14.9. The maximum Gasteiger partial charge on any atom is 0.0314 e. The van der Waals surface area contributed by atoms with E-state index in [0.717, 1.165) is 25.7 Å². The largest absolute Gasteiger partial charge is 0.164 e. The van der Waals surface area contributed by atoms with E-state index in [-0.39, 0.29) is 0 Å². The molecule has 0 atom stereocenters. The van der Waals surface area contributed by atoms with Crippen LogP contribution in [0.2, 0.25) is 0 Å². The Kier molecular flexibility index (Phi) is 7.96. The summed E-state index contributed by atoms with van der Waals surface area (Å²) in [5, 5.41) is 8.41. The van der Waals surface area contributed by atoms with Crippen LogP contribution < -0.4 is 0 Å². The molecule has 0 bridgehead atoms. The Balaban J connectivity index is 1.87. The molecule has 2 aromatic carbocycles. The summed E-state index contributed by atoms with van der Waals surface area (Å²) in [6.07, 6.45) is 10.1. The van der Waals surface area contributed by atoms with Gasteiger partial charge in [0.2, 0.25) is 0 Å². The number of aryl methyl sites for hydroxylation is 2. The van der Waals surface area contributed by atoms with E-state index < -0.39 is 0 Å². The molecule has 126 valence electrons. The Labute approximate surface area is 146 Å². The van der Waals surface area contributed by atoms with Crippen molar-refractivity contribution in [3.8, 4) is 0 Å². The molecule has 0 fully saturated rings. The second kappa shape index (κ2) is 10.5. The summed E-state index contributed by atoms with van der Waals surface area (Å²) in [5.41, 5.74) is 5.55. The summed E-state index contributed by atoms with van der Waals surface area (Å²) < 4.78 is 0. The Morgan fingerprint density at radius 1 is 0.625 bits per heavy atom. The Morgan fingerprint density at radius 2 is 1.00 bits per heavy atom. The molecule has 0 heterocycles. The van der Waals surface area contributed by atoms with Crippen LogP contribution in [0.15, 0.2) is 58.7 Å². The van der Waals surface area contributed by atoms with Crippen LogP contribution in [0.5, 0.6) is 0 Å². The van der Waals surface area contributed by atoms with Crippen molar-refractivity contribution in [3.63, 3.8) is 0 Å². The second-order valence-electron chi connectivity index (χ2n) is 6.04. The lowest BCUT2D eigenvalue weighted by atomic mass is 10.0. The van der Waals surface area contributed by atoms with Gasteiger partial charge in [0.25, 0.3) is 0 Å². The first-order valence-corrected chi connectivity index (χ1v) is 9.02. The van der Waals surface area contributed by atoms with Crippen LogP contribution in [0.25, 0.3) is 0 Å². The highest BCUT2D eigenvalue weighted by molar-refractivity contribution is 5.66. The smallest absolute Gasteiger partial charge is 0.0314 e. The zero-order valence-corrected chi connectivity index (χ0v) is 14.9. The normalized spacial score (nSPS) is 11.6. The van der Waals surface area contributed by atoms with Crippen LogP contribution in [-0.4, -0.2) is 12.4 Å². The van der Waals surface area contributed by atoms with Crippen LogP contribution in [0.1, 0.15) is 48.9 Å².